The van der Waals surface area contributed by atoms with Crippen LogP contribution in [0.3, 0.4) is 0 Å². The molecule has 1 N–H and O–H groups in total. The maximum atomic E-state index is 12.1. The molecule has 4 nitrogen and oxygen atoms in total. The summed E-state index contributed by atoms with van der Waals surface area (Å²) in [4.78, 5) is 24.8. The number of carbonyl (C=O) groups is 2. The monoisotopic (exact) mass is 223 g/mol. The second-order valence-corrected chi connectivity index (χ2v) is 4.52. The predicted octanol–water partition coefficient (Wildman–Crippen LogP) is 1.42. The van der Waals surface area contributed by atoms with E-state index in [1.165, 1.54) is 0 Å². The molecule has 0 aromatic heterocycles. The van der Waals surface area contributed by atoms with E-state index in [0.29, 0.717) is 13.0 Å². The lowest BCUT2D eigenvalue weighted by molar-refractivity contribution is -0.153. The SMILES string of the molecule is O=C(O)C1CCCCN1C(=O)C1CC=CC1. The average molecular weight is 223 g/mol. The molecule has 1 unspecified atom stereocenters. The molecule has 1 heterocycles. The molecule has 1 fully saturated rings. The molecule has 0 radical (unpaired) electrons. The van der Waals surface area contributed by atoms with Crippen molar-refractivity contribution in [2.75, 3.05) is 6.54 Å². The Balaban J connectivity index is 2.04. The minimum absolute atomic E-state index is 0.0139. The lowest BCUT2D eigenvalue weighted by atomic mass is 9.98. The maximum absolute atomic E-state index is 12.1. The van der Waals surface area contributed by atoms with Crippen LogP contribution >= 0.6 is 0 Å². The number of amides is 1. The van der Waals surface area contributed by atoms with Crippen LogP contribution in [0.4, 0.5) is 0 Å². The highest BCUT2D eigenvalue weighted by Gasteiger charge is 2.35. The van der Waals surface area contributed by atoms with Gasteiger partial charge >= 0.3 is 5.97 Å². The van der Waals surface area contributed by atoms with Crippen molar-refractivity contribution in [2.24, 2.45) is 5.92 Å². The number of hydrogen-bond acceptors (Lipinski definition) is 2. The number of piperidine rings is 1. The molecule has 0 aromatic rings. The van der Waals surface area contributed by atoms with Gasteiger partial charge in [0.15, 0.2) is 0 Å². The molecule has 16 heavy (non-hydrogen) atoms. The summed E-state index contributed by atoms with van der Waals surface area (Å²) in [5.74, 6) is -0.851. The Morgan fingerprint density at radius 1 is 1.19 bits per heavy atom. The highest BCUT2D eigenvalue weighted by Crippen LogP contribution is 2.25. The Kier molecular flexibility index (Phi) is 3.27. The first-order valence-electron chi connectivity index (χ1n) is 5.88. The predicted molar refractivity (Wildman–Crippen MR) is 58.9 cm³/mol. The van der Waals surface area contributed by atoms with Crippen molar-refractivity contribution in [1.29, 1.82) is 0 Å². The topological polar surface area (TPSA) is 57.6 Å². The van der Waals surface area contributed by atoms with E-state index in [1.807, 2.05) is 12.2 Å². The molecule has 0 aromatic carbocycles. The van der Waals surface area contributed by atoms with E-state index in [1.54, 1.807) is 4.90 Å². The van der Waals surface area contributed by atoms with Crippen LogP contribution < -0.4 is 0 Å². The van der Waals surface area contributed by atoms with Crippen LogP contribution in [-0.4, -0.2) is 34.5 Å². The first kappa shape index (κ1) is 11.2. The number of carboxylic acids is 1. The van der Waals surface area contributed by atoms with Crippen LogP contribution in [0.5, 0.6) is 0 Å². The van der Waals surface area contributed by atoms with Gasteiger partial charge in [0.25, 0.3) is 0 Å². The second-order valence-electron chi connectivity index (χ2n) is 4.52. The summed E-state index contributed by atoms with van der Waals surface area (Å²) in [7, 11) is 0. The van der Waals surface area contributed by atoms with E-state index in [4.69, 9.17) is 5.11 Å². The van der Waals surface area contributed by atoms with Crippen molar-refractivity contribution >= 4 is 11.9 Å². The summed E-state index contributed by atoms with van der Waals surface area (Å²) < 4.78 is 0. The second kappa shape index (κ2) is 4.68. The average Bonchev–Trinajstić information content (AvgIpc) is 2.81. The summed E-state index contributed by atoms with van der Waals surface area (Å²) in [5.41, 5.74) is 0. The van der Waals surface area contributed by atoms with Crippen molar-refractivity contribution in [2.45, 2.75) is 38.1 Å². The number of hydrogen-bond donors (Lipinski definition) is 1. The van der Waals surface area contributed by atoms with Gasteiger partial charge in [0.2, 0.25) is 5.91 Å². The van der Waals surface area contributed by atoms with Crippen LogP contribution in [0.25, 0.3) is 0 Å². The summed E-state index contributed by atoms with van der Waals surface area (Å²) >= 11 is 0. The molecule has 1 aliphatic heterocycles. The van der Waals surface area contributed by atoms with Crippen LogP contribution in [0, 0.1) is 5.92 Å². The third-order valence-electron chi connectivity index (χ3n) is 3.43. The molecule has 0 saturated carbocycles. The number of likely N-dealkylation sites (tertiary alicyclic amines) is 1. The lowest BCUT2D eigenvalue weighted by Crippen LogP contribution is -2.49. The third kappa shape index (κ3) is 2.10. The number of allylic oxidation sites excluding steroid dienone is 2. The van der Waals surface area contributed by atoms with Crippen LogP contribution in [0.1, 0.15) is 32.1 Å². The summed E-state index contributed by atoms with van der Waals surface area (Å²) in [6, 6.07) is -0.596. The number of aliphatic carboxylic acids is 1. The molecule has 1 atom stereocenters. The summed E-state index contributed by atoms with van der Waals surface area (Å²) in [5, 5.41) is 9.09. The molecule has 4 heteroatoms. The molecule has 88 valence electrons. The largest absolute Gasteiger partial charge is 0.480 e. The highest BCUT2D eigenvalue weighted by atomic mass is 16.4. The minimum Gasteiger partial charge on any atom is -0.480 e. The van der Waals surface area contributed by atoms with Gasteiger partial charge < -0.3 is 10.0 Å². The van der Waals surface area contributed by atoms with Crippen molar-refractivity contribution in [3.05, 3.63) is 12.2 Å². The normalized spacial score (nSPS) is 26.0. The van der Waals surface area contributed by atoms with E-state index in [-0.39, 0.29) is 11.8 Å². The van der Waals surface area contributed by atoms with Gasteiger partial charge in [-0.05, 0) is 32.1 Å². The van der Waals surface area contributed by atoms with Gasteiger partial charge in [-0.1, -0.05) is 12.2 Å². The fourth-order valence-corrected chi connectivity index (χ4v) is 2.51. The van der Waals surface area contributed by atoms with Gasteiger partial charge in [0, 0.05) is 12.5 Å². The van der Waals surface area contributed by atoms with E-state index >= 15 is 0 Å². The summed E-state index contributed by atoms with van der Waals surface area (Å²) in [6.45, 7) is 0.603. The van der Waals surface area contributed by atoms with Crippen molar-refractivity contribution in [1.82, 2.24) is 4.90 Å². The Labute approximate surface area is 94.9 Å². The zero-order chi connectivity index (χ0) is 11.5. The van der Waals surface area contributed by atoms with Gasteiger partial charge in [-0.15, -0.1) is 0 Å². The molecule has 2 rings (SSSR count). The number of rotatable bonds is 2. The Morgan fingerprint density at radius 3 is 2.50 bits per heavy atom. The molecule has 2 aliphatic rings. The van der Waals surface area contributed by atoms with Crippen LogP contribution in [0.2, 0.25) is 0 Å². The highest BCUT2D eigenvalue weighted by molar-refractivity contribution is 5.85. The van der Waals surface area contributed by atoms with Crippen molar-refractivity contribution < 1.29 is 14.7 Å². The van der Waals surface area contributed by atoms with Crippen molar-refractivity contribution in [3.8, 4) is 0 Å². The zero-order valence-corrected chi connectivity index (χ0v) is 9.26. The van der Waals surface area contributed by atoms with Crippen LogP contribution in [-0.2, 0) is 9.59 Å². The fraction of sp³-hybridized carbons (Fsp3) is 0.667. The quantitative estimate of drug-likeness (QED) is 0.720. The number of carboxylic acid groups (broad SMARTS) is 1. The van der Waals surface area contributed by atoms with Gasteiger partial charge in [-0.25, -0.2) is 4.79 Å². The van der Waals surface area contributed by atoms with Gasteiger partial charge in [0.1, 0.15) is 6.04 Å². The smallest absolute Gasteiger partial charge is 0.326 e. The molecule has 1 amide bonds. The molecule has 0 spiro atoms. The first-order valence-corrected chi connectivity index (χ1v) is 5.88. The maximum Gasteiger partial charge on any atom is 0.326 e. The molecule has 1 aliphatic carbocycles. The number of carbonyl (C=O) groups excluding carboxylic acids is 1. The molecular formula is C12H17NO3. The minimum atomic E-state index is -0.862. The Bertz CT molecular complexity index is 316. The van der Waals surface area contributed by atoms with E-state index in [0.717, 1.165) is 25.7 Å². The van der Waals surface area contributed by atoms with Crippen molar-refractivity contribution in [3.63, 3.8) is 0 Å². The molecule has 0 bridgehead atoms. The summed E-state index contributed by atoms with van der Waals surface area (Å²) in [6.07, 6.45) is 7.97. The Hall–Kier alpha value is -1.32. The number of nitrogens with zero attached hydrogens (tertiary/aromatic N) is 1. The van der Waals surface area contributed by atoms with E-state index in [9.17, 15) is 9.59 Å². The fourth-order valence-electron chi connectivity index (χ4n) is 2.51. The zero-order valence-electron chi connectivity index (χ0n) is 9.26. The van der Waals surface area contributed by atoms with Gasteiger partial charge in [-0.2, -0.15) is 0 Å². The Morgan fingerprint density at radius 2 is 1.88 bits per heavy atom. The van der Waals surface area contributed by atoms with Crippen LogP contribution in [0.15, 0.2) is 12.2 Å². The van der Waals surface area contributed by atoms with Gasteiger partial charge in [-0.3, -0.25) is 4.79 Å². The van der Waals surface area contributed by atoms with E-state index in [2.05, 4.69) is 0 Å². The molecular weight excluding hydrogens is 206 g/mol. The standard InChI is InChI=1S/C12H17NO3/c14-11(9-5-1-2-6-9)13-8-4-3-7-10(13)12(15)16/h1-2,9-10H,3-8H2,(H,15,16). The van der Waals surface area contributed by atoms with Gasteiger partial charge in [0.05, 0.1) is 0 Å². The molecule has 1 saturated heterocycles. The third-order valence-corrected chi connectivity index (χ3v) is 3.43. The van der Waals surface area contributed by atoms with E-state index < -0.39 is 12.0 Å². The lowest BCUT2D eigenvalue weighted by Gasteiger charge is -2.34. The first-order chi connectivity index (χ1) is 7.70.